The number of aliphatic hydroxyl groups is 1. The number of benzene rings is 3. The highest BCUT2D eigenvalue weighted by Crippen LogP contribution is 2.29. The van der Waals surface area contributed by atoms with Gasteiger partial charge in [0.15, 0.2) is 12.2 Å². The number of carbonyl (C=O) groups excluding carboxylic acids is 8. The third-order valence-corrected chi connectivity index (χ3v) is 13.2. The monoisotopic (exact) mass is 1100 g/mol. The van der Waals surface area contributed by atoms with Crippen molar-refractivity contribution >= 4 is 61.6 Å². The van der Waals surface area contributed by atoms with Gasteiger partial charge >= 0.3 is 61.6 Å². The highest BCUT2D eigenvalue weighted by Gasteiger charge is 2.45. The maximum atomic E-state index is 12.9. The van der Waals surface area contributed by atoms with Crippen molar-refractivity contribution in [2.24, 2.45) is 35.3 Å². The van der Waals surface area contributed by atoms with E-state index in [1.165, 1.54) is 13.8 Å². The first-order chi connectivity index (χ1) is 37.5. The number of esters is 8. The van der Waals surface area contributed by atoms with Crippen LogP contribution in [-0.4, -0.2) is 129 Å². The summed E-state index contributed by atoms with van der Waals surface area (Å²) in [6.45, 7) is 15.7. The molecule has 0 aliphatic carbocycles. The zero-order chi connectivity index (χ0) is 58.5. The van der Waals surface area contributed by atoms with Crippen LogP contribution < -0.4 is 17.5 Å². The Hall–Kier alpha value is -7.21. The highest BCUT2D eigenvalue weighted by atomic mass is 16.6. The van der Waals surface area contributed by atoms with Gasteiger partial charge in [0.25, 0.3) is 0 Å². The fourth-order valence-electron chi connectivity index (χ4n) is 8.30. The van der Waals surface area contributed by atoms with Crippen LogP contribution in [0.4, 0.5) is 0 Å². The van der Waals surface area contributed by atoms with E-state index in [0.717, 1.165) is 16.7 Å². The summed E-state index contributed by atoms with van der Waals surface area (Å²) in [6.07, 6.45) is -5.11. The van der Waals surface area contributed by atoms with Crippen LogP contribution in [0, 0.1) is 17.8 Å². The average molecular weight is 1100 g/mol. The van der Waals surface area contributed by atoms with Gasteiger partial charge < -0.3 is 58.2 Å². The topological polar surface area (TPSA) is 327 Å². The fourth-order valence-corrected chi connectivity index (χ4v) is 8.30. The second-order valence-corrected chi connectivity index (χ2v) is 19.5. The van der Waals surface area contributed by atoms with Crippen LogP contribution in [0.25, 0.3) is 0 Å². The molecule has 3 saturated heterocycles. The van der Waals surface area contributed by atoms with Gasteiger partial charge in [-0.1, -0.05) is 118 Å². The van der Waals surface area contributed by atoms with E-state index in [9.17, 15) is 43.5 Å². The predicted molar refractivity (Wildman–Crippen MR) is 285 cm³/mol. The summed E-state index contributed by atoms with van der Waals surface area (Å²) in [6, 6.07) is 26.6. The molecule has 3 aliphatic rings. The van der Waals surface area contributed by atoms with Crippen LogP contribution in [0.5, 0.6) is 0 Å². The van der Waals surface area contributed by atoms with E-state index in [1.807, 2.05) is 91.0 Å². The summed E-state index contributed by atoms with van der Waals surface area (Å²) >= 11 is 0. The summed E-state index contributed by atoms with van der Waals surface area (Å²) in [7, 11) is 0. The number of ether oxygens (including phenoxy) is 8. The van der Waals surface area contributed by atoms with E-state index in [1.54, 1.807) is 34.4 Å². The van der Waals surface area contributed by atoms with Gasteiger partial charge in [0, 0.05) is 11.1 Å². The Morgan fingerprint density at radius 3 is 1.20 bits per heavy atom. The molecular formula is C55H71B2N3O19. The number of nitrogens with two attached hydrogens (primary N) is 3. The quantitative estimate of drug-likeness (QED) is 0.0591. The minimum atomic E-state index is -1.17. The second-order valence-electron chi connectivity index (χ2n) is 19.5. The van der Waals surface area contributed by atoms with Crippen LogP contribution in [0.1, 0.15) is 51.3 Å². The first-order valence-electron chi connectivity index (χ1n) is 25.6. The molecule has 12 atom stereocenters. The molecule has 7 N–H and O–H groups in total. The number of hydrogen-bond acceptors (Lipinski definition) is 22. The Balaban J connectivity index is 0.000000256. The molecule has 79 heavy (non-hydrogen) atoms. The SMILES string of the molecule is C=C(C)C(=O)OC1[C@H](C)OC(=O)C(B(C)ON)COC(=O)[C@@H]1Cc1ccccc1.C=C(C)C(=O)OC1[C@H](C)OC(=O)C(N)COC(=O)[C@@H]1Cc1ccccc1.CB(ON)C1COC(=O)[C@H](Cc2ccccc2)C(O)[C@H](C)OC1=O. The number of cyclic esters (lactones) is 6. The molecule has 3 fully saturated rings. The van der Waals surface area contributed by atoms with Crippen molar-refractivity contribution in [3.8, 4) is 0 Å². The maximum Gasteiger partial charge on any atom is 0.335 e. The lowest BCUT2D eigenvalue weighted by Gasteiger charge is -2.29. The van der Waals surface area contributed by atoms with Gasteiger partial charge in [0.2, 0.25) is 0 Å². The summed E-state index contributed by atoms with van der Waals surface area (Å²) in [5.74, 6) is 0.874. The summed E-state index contributed by atoms with van der Waals surface area (Å²) in [4.78, 5) is 98.9. The van der Waals surface area contributed by atoms with Crippen LogP contribution in [0.15, 0.2) is 115 Å². The Kier molecular flexibility index (Phi) is 25.6. The van der Waals surface area contributed by atoms with Crippen molar-refractivity contribution in [3.05, 3.63) is 132 Å². The molecular weight excluding hydrogens is 1030 g/mol. The lowest BCUT2D eigenvalue weighted by atomic mass is 9.58. The Morgan fingerprint density at radius 2 is 0.848 bits per heavy atom. The molecule has 426 valence electrons. The van der Waals surface area contributed by atoms with Crippen LogP contribution >= 0.6 is 0 Å². The first kappa shape index (κ1) is 64.3. The molecule has 6 rings (SSSR count). The molecule has 6 unspecified atom stereocenters. The zero-order valence-corrected chi connectivity index (χ0v) is 45.4. The fraction of sp³-hybridized carbons (Fsp3) is 0.455. The van der Waals surface area contributed by atoms with Gasteiger partial charge in [0.1, 0.15) is 62.1 Å². The van der Waals surface area contributed by atoms with Crippen LogP contribution in [0.3, 0.4) is 0 Å². The van der Waals surface area contributed by atoms with E-state index >= 15 is 0 Å². The van der Waals surface area contributed by atoms with Crippen molar-refractivity contribution in [2.45, 2.75) is 122 Å². The smallest absolute Gasteiger partial charge is 0.335 e. The third kappa shape index (κ3) is 19.3. The van der Waals surface area contributed by atoms with Crippen molar-refractivity contribution < 1.29 is 90.9 Å². The lowest BCUT2D eigenvalue weighted by molar-refractivity contribution is -0.172. The summed E-state index contributed by atoms with van der Waals surface area (Å²) < 4.78 is 52.2. The van der Waals surface area contributed by atoms with Crippen LogP contribution in [-0.2, 0) is 105 Å². The van der Waals surface area contributed by atoms with Crippen molar-refractivity contribution in [3.63, 3.8) is 0 Å². The van der Waals surface area contributed by atoms with Crippen molar-refractivity contribution in [2.75, 3.05) is 19.8 Å². The molecule has 3 heterocycles. The molecule has 3 aromatic rings. The van der Waals surface area contributed by atoms with E-state index in [2.05, 4.69) is 17.9 Å². The Bertz CT molecular complexity index is 2560. The van der Waals surface area contributed by atoms with Gasteiger partial charge in [-0.2, -0.15) is 0 Å². The Morgan fingerprint density at radius 1 is 0.532 bits per heavy atom. The number of hydrogen-bond donors (Lipinski definition) is 4. The third-order valence-electron chi connectivity index (χ3n) is 13.2. The van der Waals surface area contributed by atoms with Crippen molar-refractivity contribution in [1.82, 2.24) is 0 Å². The first-order valence-corrected chi connectivity index (χ1v) is 25.6. The van der Waals surface area contributed by atoms with E-state index in [0.29, 0.717) is 0 Å². The van der Waals surface area contributed by atoms with Gasteiger partial charge in [-0.15, -0.1) is 0 Å². The second kappa shape index (κ2) is 31.4. The Labute approximate surface area is 460 Å². The van der Waals surface area contributed by atoms with E-state index < -0.39 is 134 Å². The van der Waals surface area contributed by atoms with E-state index in [-0.39, 0.29) is 50.2 Å². The zero-order valence-electron chi connectivity index (χ0n) is 45.4. The maximum absolute atomic E-state index is 12.9. The molecule has 0 bridgehead atoms. The molecule has 0 amide bonds. The normalized spacial score (nSPS) is 26.5. The van der Waals surface area contributed by atoms with Gasteiger partial charge in [-0.3, -0.25) is 28.8 Å². The highest BCUT2D eigenvalue weighted by molar-refractivity contribution is 6.57. The molecule has 0 aromatic heterocycles. The number of carbonyl (C=O) groups is 8. The molecule has 0 radical (unpaired) electrons. The molecule has 3 aliphatic heterocycles. The van der Waals surface area contributed by atoms with Crippen molar-refractivity contribution in [1.29, 1.82) is 0 Å². The van der Waals surface area contributed by atoms with Gasteiger partial charge in [-0.25, -0.2) is 21.4 Å². The molecule has 22 nitrogen and oxygen atoms in total. The average Bonchev–Trinajstić information content (AvgIpc) is 3.52. The minimum Gasteiger partial charge on any atom is -0.465 e. The summed E-state index contributed by atoms with van der Waals surface area (Å²) in [5, 5.41) is 10.5. The minimum absolute atomic E-state index is 0.165. The van der Waals surface area contributed by atoms with E-state index in [4.69, 9.17) is 60.2 Å². The predicted octanol–water partition coefficient (Wildman–Crippen LogP) is 3.43. The number of rotatable bonds is 14. The molecule has 3 aromatic carbocycles. The summed E-state index contributed by atoms with van der Waals surface area (Å²) in [5.41, 5.74) is 8.58. The lowest BCUT2D eigenvalue weighted by Crippen LogP contribution is -2.43. The van der Waals surface area contributed by atoms with Gasteiger partial charge in [-0.05, 0) is 70.6 Å². The number of aliphatic hydroxyl groups excluding tert-OH is 1. The van der Waals surface area contributed by atoms with Crippen LogP contribution in [0.2, 0.25) is 25.3 Å². The molecule has 0 spiro atoms. The molecule has 24 heteroatoms. The molecule has 0 saturated carbocycles. The largest absolute Gasteiger partial charge is 0.465 e. The van der Waals surface area contributed by atoms with Gasteiger partial charge in [0.05, 0.1) is 17.6 Å². The standard InChI is InChI=1S/C20H26BNO7.C19H23NO6.C16H22BNO6/c1-12(2)18(23)28-17-13(3)27-20(25)16(21(4)29-22)11-26-19(24)15(17)10-14-8-6-5-7-9-14;1-11(2)17(21)26-16-12(3)25-19(23)15(20)10-24-18(22)14(16)9-13-7-5-4-6-8-13;1-10-14(19)12(8-11-6-4-3-5-7-11)15(20)22-9-13(16(21)23-10)17(2)24-18/h5-9,13,15-17H,1,10-11,22H2,2-4H3;4-8,12,14-16H,1,9-10,20H2,2-3H3;3-7,10,12-14,19H,8-9,18H2,1-2H3/t13-,15+,16?,17?;12-,14+,15?,16?;10-,12+,13?,14?/m000/s1.